The molecular formula is C23H19FN6O3. The fraction of sp³-hybridized carbons (Fsp3) is 0.130. The molecule has 0 saturated heterocycles. The van der Waals surface area contributed by atoms with Gasteiger partial charge < -0.3 is 20.0 Å². The summed E-state index contributed by atoms with van der Waals surface area (Å²) in [4.78, 5) is 36.5. The van der Waals surface area contributed by atoms with Crippen molar-refractivity contribution in [2.45, 2.75) is 6.42 Å². The maximum atomic E-state index is 14.4. The van der Waals surface area contributed by atoms with Crippen molar-refractivity contribution in [2.24, 2.45) is 0 Å². The lowest BCUT2D eigenvalue weighted by Gasteiger charge is -2.20. The Morgan fingerprint density at radius 1 is 1.09 bits per heavy atom. The maximum absolute atomic E-state index is 14.4. The average Bonchev–Trinajstić information content (AvgIpc) is 3.17. The predicted octanol–water partition coefficient (Wildman–Crippen LogP) is 3.72. The number of aromatic amines is 1. The Hall–Kier alpha value is -4.47. The number of rotatable bonds is 4. The highest BCUT2D eigenvalue weighted by atomic mass is 19.1. The van der Waals surface area contributed by atoms with E-state index in [9.17, 15) is 14.0 Å². The molecule has 3 heterocycles. The van der Waals surface area contributed by atoms with Gasteiger partial charge >= 0.3 is 5.76 Å². The molecule has 0 radical (unpaired) electrons. The zero-order valence-electron chi connectivity index (χ0n) is 17.6. The van der Waals surface area contributed by atoms with Crippen LogP contribution in [-0.4, -0.2) is 39.4 Å². The van der Waals surface area contributed by atoms with E-state index >= 15 is 0 Å². The van der Waals surface area contributed by atoms with Gasteiger partial charge in [-0.1, -0.05) is 18.2 Å². The standard InChI is InChI=1S/C23H19FN6O3/c1-30-9-3-2-4-13-5-6-14(10-16(13)21(30)31)27-22-25-12-17(24)20(29-22)26-15-7-8-19-18(11-15)28-23(32)33-19/h2-3,5-8,10-12H,4,9H2,1H3,(H,28,32)(H2,25,26,27,29)/b3-2-. The van der Waals surface area contributed by atoms with Crippen molar-refractivity contribution in [1.29, 1.82) is 0 Å². The van der Waals surface area contributed by atoms with E-state index in [1.807, 2.05) is 24.3 Å². The maximum Gasteiger partial charge on any atom is 0.417 e. The number of carbonyl (C=O) groups excluding carboxylic acids is 1. The monoisotopic (exact) mass is 446 g/mol. The van der Waals surface area contributed by atoms with Gasteiger partial charge in [0.25, 0.3) is 5.91 Å². The van der Waals surface area contributed by atoms with E-state index in [2.05, 4.69) is 25.6 Å². The Labute approximate surface area is 187 Å². The lowest BCUT2D eigenvalue weighted by Crippen LogP contribution is -2.28. The summed E-state index contributed by atoms with van der Waals surface area (Å²) in [5, 5.41) is 5.91. The van der Waals surface area contributed by atoms with Crippen molar-refractivity contribution >= 4 is 40.1 Å². The first-order valence-electron chi connectivity index (χ1n) is 10.2. The van der Waals surface area contributed by atoms with Crippen LogP contribution in [0, 0.1) is 5.82 Å². The quantitative estimate of drug-likeness (QED) is 0.409. The smallest absolute Gasteiger partial charge is 0.408 e. The number of H-pyrrole nitrogens is 1. The summed E-state index contributed by atoms with van der Waals surface area (Å²) >= 11 is 0. The largest absolute Gasteiger partial charge is 0.417 e. The molecule has 33 heavy (non-hydrogen) atoms. The first kappa shape index (κ1) is 20.4. The minimum atomic E-state index is -0.650. The highest BCUT2D eigenvalue weighted by Gasteiger charge is 2.17. The molecule has 9 nitrogen and oxygen atoms in total. The summed E-state index contributed by atoms with van der Waals surface area (Å²) in [6.45, 7) is 0.546. The minimum absolute atomic E-state index is 0.0510. The van der Waals surface area contributed by atoms with Crippen LogP contribution in [0.25, 0.3) is 11.1 Å². The van der Waals surface area contributed by atoms with E-state index in [-0.39, 0.29) is 17.7 Å². The van der Waals surface area contributed by atoms with Crippen molar-refractivity contribution in [3.63, 3.8) is 0 Å². The number of carbonyl (C=O) groups is 1. The van der Waals surface area contributed by atoms with E-state index in [1.165, 1.54) is 0 Å². The molecule has 0 saturated carbocycles. The van der Waals surface area contributed by atoms with Gasteiger partial charge in [0, 0.05) is 30.5 Å². The van der Waals surface area contributed by atoms with Crippen LogP contribution in [0.15, 0.2) is 64.0 Å². The molecule has 1 aliphatic heterocycles. The van der Waals surface area contributed by atoms with E-state index in [4.69, 9.17) is 4.42 Å². The summed E-state index contributed by atoms with van der Waals surface area (Å²) in [6, 6.07) is 10.3. The molecule has 3 N–H and O–H groups in total. The minimum Gasteiger partial charge on any atom is -0.408 e. The van der Waals surface area contributed by atoms with Gasteiger partial charge in [-0.2, -0.15) is 4.98 Å². The Bertz CT molecular complexity index is 1460. The zero-order valence-corrected chi connectivity index (χ0v) is 17.6. The Kier molecular flexibility index (Phi) is 5.09. The fourth-order valence-electron chi connectivity index (χ4n) is 3.57. The van der Waals surface area contributed by atoms with Gasteiger partial charge in [-0.25, -0.2) is 14.2 Å². The number of hydrogen-bond donors (Lipinski definition) is 3. The molecular weight excluding hydrogens is 427 g/mol. The number of likely N-dealkylation sites (N-methyl/N-ethyl adjacent to an activating group) is 1. The van der Waals surface area contributed by atoms with Crippen molar-refractivity contribution in [1.82, 2.24) is 19.9 Å². The summed E-state index contributed by atoms with van der Waals surface area (Å²) in [7, 11) is 1.75. The van der Waals surface area contributed by atoms with Gasteiger partial charge in [-0.05, 0) is 42.3 Å². The molecule has 0 fully saturated rings. The highest BCUT2D eigenvalue weighted by molar-refractivity contribution is 5.97. The molecule has 0 aliphatic carbocycles. The molecule has 5 rings (SSSR count). The van der Waals surface area contributed by atoms with Gasteiger partial charge in [-0.15, -0.1) is 0 Å². The number of nitrogens with one attached hydrogen (secondary N) is 3. The molecule has 2 aromatic carbocycles. The van der Waals surface area contributed by atoms with Crippen LogP contribution in [0.2, 0.25) is 0 Å². The predicted molar refractivity (Wildman–Crippen MR) is 122 cm³/mol. The number of allylic oxidation sites excluding steroid dienone is 1. The molecule has 1 amide bonds. The number of oxazole rings is 1. The second kappa shape index (κ2) is 8.23. The summed E-state index contributed by atoms with van der Waals surface area (Å²) in [5.41, 5.74) is 3.49. The summed E-state index contributed by atoms with van der Waals surface area (Å²) in [6.07, 6.45) is 5.72. The third kappa shape index (κ3) is 4.18. The number of anilines is 4. The van der Waals surface area contributed by atoms with E-state index in [0.717, 1.165) is 11.8 Å². The van der Waals surface area contributed by atoms with Crippen LogP contribution in [0.4, 0.5) is 27.5 Å². The van der Waals surface area contributed by atoms with Crippen molar-refractivity contribution in [3.05, 3.63) is 82.2 Å². The van der Waals surface area contributed by atoms with Crippen LogP contribution in [0.1, 0.15) is 15.9 Å². The third-order valence-electron chi connectivity index (χ3n) is 5.25. The van der Waals surface area contributed by atoms with Crippen molar-refractivity contribution in [2.75, 3.05) is 24.2 Å². The molecule has 4 aromatic rings. The fourth-order valence-corrected chi connectivity index (χ4v) is 3.57. The van der Waals surface area contributed by atoms with Crippen LogP contribution < -0.4 is 16.4 Å². The average molecular weight is 446 g/mol. The third-order valence-corrected chi connectivity index (χ3v) is 5.25. The van der Waals surface area contributed by atoms with Crippen LogP contribution >= 0.6 is 0 Å². The van der Waals surface area contributed by atoms with Gasteiger partial charge in [0.05, 0.1) is 11.7 Å². The van der Waals surface area contributed by atoms with Crippen molar-refractivity contribution < 1.29 is 13.6 Å². The summed E-state index contributed by atoms with van der Waals surface area (Å²) in [5.74, 6) is -1.19. The lowest BCUT2D eigenvalue weighted by atomic mass is 10.0. The Balaban J connectivity index is 1.41. The number of benzene rings is 2. The van der Waals surface area contributed by atoms with Crippen LogP contribution in [0.3, 0.4) is 0 Å². The number of hydrogen-bond acceptors (Lipinski definition) is 7. The molecule has 166 valence electrons. The zero-order chi connectivity index (χ0) is 22.9. The second-order valence-corrected chi connectivity index (χ2v) is 7.60. The molecule has 1 aliphatic rings. The normalized spacial score (nSPS) is 14.5. The number of aromatic nitrogens is 3. The van der Waals surface area contributed by atoms with Crippen LogP contribution in [0.5, 0.6) is 0 Å². The second-order valence-electron chi connectivity index (χ2n) is 7.60. The van der Waals surface area contributed by atoms with E-state index in [0.29, 0.717) is 41.0 Å². The first-order valence-corrected chi connectivity index (χ1v) is 10.2. The van der Waals surface area contributed by atoms with Gasteiger partial charge in [-0.3, -0.25) is 9.78 Å². The highest BCUT2D eigenvalue weighted by Crippen LogP contribution is 2.25. The number of nitrogens with zero attached hydrogens (tertiary/aromatic N) is 3. The lowest BCUT2D eigenvalue weighted by molar-refractivity contribution is 0.0808. The van der Waals surface area contributed by atoms with Crippen LogP contribution in [-0.2, 0) is 6.42 Å². The SMILES string of the molecule is CN1C/C=C\Cc2ccc(Nc3ncc(F)c(Nc4ccc5oc(=O)[nH]c5c4)n3)cc2C1=O. The Morgan fingerprint density at radius 3 is 2.79 bits per heavy atom. The van der Waals surface area contributed by atoms with Gasteiger partial charge in [0.15, 0.2) is 17.2 Å². The van der Waals surface area contributed by atoms with E-state index in [1.54, 1.807) is 36.2 Å². The molecule has 0 spiro atoms. The molecule has 0 bridgehead atoms. The molecule has 10 heteroatoms. The molecule has 2 aromatic heterocycles. The number of amides is 1. The molecule has 0 unspecified atom stereocenters. The van der Waals surface area contributed by atoms with Gasteiger partial charge in [0.1, 0.15) is 0 Å². The number of halogens is 1. The molecule has 0 atom stereocenters. The number of fused-ring (bicyclic) bond motifs is 2. The van der Waals surface area contributed by atoms with E-state index < -0.39 is 11.6 Å². The van der Waals surface area contributed by atoms with Gasteiger partial charge in [0.2, 0.25) is 5.95 Å². The van der Waals surface area contributed by atoms with Crippen molar-refractivity contribution in [3.8, 4) is 0 Å². The first-order chi connectivity index (χ1) is 16.0. The Morgan fingerprint density at radius 2 is 1.91 bits per heavy atom. The summed E-state index contributed by atoms with van der Waals surface area (Å²) < 4.78 is 19.3. The topological polar surface area (TPSA) is 116 Å².